The molecule has 60 valence electrons. The minimum Gasteiger partial charge on any atom is -0.129 e. The van der Waals surface area contributed by atoms with E-state index in [9.17, 15) is 0 Å². The summed E-state index contributed by atoms with van der Waals surface area (Å²) in [6.45, 7) is 0. The Bertz CT molecular complexity index is 227. The van der Waals surface area contributed by atoms with Gasteiger partial charge in [0.15, 0.2) is 0 Å². The van der Waals surface area contributed by atoms with Crippen LogP contribution in [0.25, 0.3) is 0 Å². The van der Waals surface area contributed by atoms with Gasteiger partial charge in [0.05, 0.1) is 0 Å². The Morgan fingerprint density at radius 1 is 0.500 bits per heavy atom. The monoisotopic (exact) mass is 156 g/mol. The third-order valence-corrected chi connectivity index (χ3v) is 1.41. The van der Waals surface area contributed by atoms with Crippen LogP contribution in [0.15, 0.2) is 53.6 Å². The van der Waals surface area contributed by atoms with E-state index in [0.717, 1.165) is 19.3 Å². The Morgan fingerprint density at radius 3 is 1.00 bits per heavy atom. The summed E-state index contributed by atoms with van der Waals surface area (Å²) in [5.74, 6) is 0. The second kappa shape index (κ2) is 6.28. The van der Waals surface area contributed by atoms with Gasteiger partial charge in [-0.1, -0.05) is 0 Å². The lowest BCUT2D eigenvalue weighted by Crippen LogP contribution is -1.58. The molecule has 0 aromatic rings. The highest BCUT2D eigenvalue weighted by atomic mass is 13.8. The maximum Gasteiger partial charge on any atom is -0.00170 e. The van der Waals surface area contributed by atoms with E-state index in [1.165, 1.54) is 0 Å². The quantitative estimate of drug-likeness (QED) is 0.472. The number of hydrogen-bond acceptors (Lipinski definition) is 0. The Hall–Kier alpha value is -1.44. The Kier molecular flexibility index (Phi) is 4.53. The minimum atomic E-state index is 0.917. The predicted molar refractivity (Wildman–Crippen MR) is 51.8 cm³/mol. The van der Waals surface area contributed by atoms with Crippen molar-refractivity contribution >= 4 is 0 Å². The zero-order chi connectivity index (χ0) is 8.49. The summed E-state index contributed by atoms with van der Waals surface area (Å²) in [4.78, 5) is 0. The molecule has 0 aromatic heterocycles. The Balaban J connectivity index is 2.69. The molecule has 0 amide bonds. The second-order valence-electron chi connectivity index (χ2n) is 2.43. The van der Waals surface area contributed by atoms with Gasteiger partial charge in [0, 0.05) is 0 Å². The molecule has 1 aliphatic rings. The van der Waals surface area contributed by atoms with Crippen LogP contribution in [0, 0.1) is 0 Å². The van der Waals surface area contributed by atoms with Crippen molar-refractivity contribution in [3.8, 4) is 0 Å². The zero-order valence-corrected chi connectivity index (χ0v) is 7.09. The van der Waals surface area contributed by atoms with Gasteiger partial charge >= 0.3 is 0 Å². The third-order valence-electron chi connectivity index (χ3n) is 1.41. The first-order chi connectivity index (χ1) is 6.00. The van der Waals surface area contributed by atoms with Crippen LogP contribution in [0.2, 0.25) is 0 Å². The highest BCUT2D eigenvalue weighted by Crippen LogP contribution is 1.89. The first-order valence-corrected chi connectivity index (χ1v) is 4.18. The number of hydrogen-bond donors (Lipinski definition) is 0. The van der Waals surface area contributed by atoms with E-state index < -0.39 is 0 Å². The topological polar surface area (TPSA) is 0 Å². The molecular weight excluding hydrogens is 144 g/mol. The first-order valence-electron chi connectivity index (χ1n) is 4.18. The second-order valence-corrected chi connectivity index (χ2v) is 2.43. The maximum atomic E-state index is 3.08. The van der Waals surface area contributed by atoms with Crippen molar-refractivity contribution in [1.29, 1.82) is 0 Å². The van der Waals surface area contributed by atoms with E-state index in [1.54, 1.807) is 0 Å². The van der Waals surface area contributed by atoms with Gasteiger partial charge < -0.3 is 0 Å². The van der Waals surface area contributed by atoms with Gasteiger partial charge in [-0.2, -0.15) is 0 Å². The van der Waals surface area contributed by atoms with Gasteiger partial charge in [0.2, 0.25) is 0 Å². The smallest absolute Gasteiger partial charge is 0.00170 e. The van der Waals surface area contributed by atoms with Crippen molar-refractivity contribution < 1.29 is 0 Å². The SMILES string of the molecule is C1=CCC=C=CCC=C=CCC=1. The average Bonchev–Trinajstić information content (AvgIpc) is 2.05. The summed E-state index contributed by atoms with van der Waals surface area (Å²) in [5.41, 5.74) is 9.25. The van der Waals surface area contributed by atoms with Gasteiger partial charge in [-0.15, -0.1) is 17.2 Å². The Labute approximate surface area is 73.6 Å². The summed E-state index contributed by atoms with van der Waals surface area (Å²) >= 11 is 0. The van der Waals surface area contributed by atoms with Crippen LogP contribution in [0.5, 0.6) is 0 Å². The van der Waals surface area contributed by atoms with Crippen molar-refractivity contribution in [2.24, 2.45) is 0 Å². The number of rotatable bonds is 0. The van der Waals surface area contributed by atoms with Crippen LogP contribution in [0.4, 0.5) is 0 Å². The van der Waals surface area contributed by atoms with E-state index in [2.05, 4.69) is 17.2 Å². The molecule has 0 saturated heterocycles. The molecule has 0 heterocycles. The molecule has 0 aliphatic heterocycles. The first kappa shape index (κ1) is 8.65. The lowest BCUT2D eigenvalue weighted by molar-refractivity contribution is 1.34. The van der Waals surface area contributed by atoms with Gasteiger partial charge in [-0.25, -0.2) is 0 Å². The van der Waals surface area contributed by atoms with Crippen molar-refractivity contribution in [2.45, 2.75) is 19.3 Å². The molecule has 0 spiro atoms. The van der Waals surface area contributed by atoms with E-state index in [0.29, 0.717) is 0 Å². The van der Waals surface area contributed by atoms with Crippen LogP contribution in [0.1, 0.15) is 19.3 Å². The van der Waals surface area contributed by atoms with E-state index in [-0.39, 0.29) is 0 Å². The molecule has 0 N–H and O–H groups in total. The minimum absolute atomic E-state index is 0.917. The van der Waals surface area contributed by atoms with Crippen LogP contribution < -0.4 is 0 Å². The lowest BCUT2D eigenvalue weighted by Gasteiger charge is -1.77. The molecule has 0 aromatic carbocycles. The molecule has 0 bridgehead atoms. The van der Waals surface area contributed by atoms with Crippen molar-refractivity contribution in [3.63, 3.8) is 0 Å². The number of allylic oxidation sites excluding steroid dienone is 3. The summed E-state index contributed by atoms with van der Waals surface area (Å²) in [6.07, 6.45) is 14.8. The standard InChI is InChI=1S/C12H12/c1-2-4-6-8-10-12-11-9-7-5-3-1/h1,4-5,8-9,12H,2,7,10H2. The molecular formula is C12H12. The van der Waals surface area contributed by atoms with Crippen molar-refractivity contribution in [2.75, 3.05) is 0 Å². The van der Waals surface area contributed by atoms with Crippen molar-refractivity contribution in [3.05, 3.63) is 53.6 Å². The lowest BCUT2D eigenvalue weighted by atomic mass is 10.3. The molecule has 0 heteroatoms. The van der Waals surface area contributed by atoms with E-state index in [1.807, 2.05) is 36.5 Å². The fourth-order valence-corrected chi connectivity index (χ4v) is 0.835. The third kappa shape index (κ3) is 4.39. The van der Waals surface area contributed by atoms with Gasteiger partial charge in [-0.05, 0) is 55.7 Å². The molecule has 1 aliphatic carbocycles. The van der Waals surface area contributed by atoms with E-state index in [4.69, 9.17) is 0 Å². The predicted octanol–water partition coefficient (Wildman–Crippen LogP) is 3.30. The van der Waals surface area contributed by atoms with Gasteiger partial charge in [0.1, 0.15) is 0 Å². The van der Waals surface area contributed by atoms with Gasteiger partial charge in [-0.3, -0.25) is 0 Å². The van der Waals surface area contributed by atoms with Gasteiger partial charge in [0.25, 0.3) is 0 Å². The normalized spacial score (nSPS) is 16.0. The molecule has 0 saturated carbocycles. The summed E-state index contributed by atoms with van der Waals surface area (Å²) < 4.78 is 0. The summed E-state index contributed by atoms with van der Waals surface area (Å²) in [5, 5.41) is 0. The van der Waals surface area contributed by atoms with Crippen LogP contribution >= 0.6 is 0 Å². The van der Waals surface area contributed by atoms with Crippen molar-refractivity contribution in [1.82, 2.24) is 0 Å². The Morgan fingerprint density at radius 2 is 0.750 bits per heavy atom. The molecule has 0 unspecified atom stereocenters. The molecule has 0 fully saturated rings. The highest BCUT2D eigenvalue weighted by Gasteiger charge is 1.70. The summed E-state index contributed by atoms with van der Waals surface area (Å²) in [7, 11) is 0. The maximum absolute atomic E-state index is 3.08. The largest absolute Gasteiger partial charge is 0.129 e. The fraction of sp³-hybridized carbons (Fsp3) is 0.250. The summed E-state index contributed by atoms with van der Waals surface area (Å²) in [6, 6.07) is 0. The highest BCUT2D eigenvalue weighted by molar-refractivity contribution is 5.00. The molecule has 1 rings (SSSR count). The average molecular weight is 156 g/mol. The molecule has 12 heavy (non-hydrogen) atoms. The molecule has 0 radical (unpaired) electrons. The molecule has 0 atom stereocenters. The zero-order valence-electron chi connectivity index (χ0n) is 7.09. The van der Waals surface area contributed by atoms with Crippen LogP contribution in [-0.4, -0.2) is 0 Å². The fourth-order valence-electron chi connectivity index (χ4n) is 0.835. The van der Waals surface area contributed by atoms with Crippen LogP contribution in [0.3, 0.4) is 0 Å². The molecule has 0 nitrogen and oxygen atoms in total. The van der Waals surface area contributed by atoms with E-state index >= 15 is 0 Å². The van der Waals surface area contributed by atoms with Crippen LogP contribution in [-0.2, 0) is 0 Å².